The number of amides is 1. The highest BCUT2D eigenvalue weighted by Gasteiger charge is 2.53. The van der Waals surface area contributed by atoms with Crippen molar-refractivity contribution in [2.45, 2.75) is 37.8 Å². The second-order valence-corrected chi connectivity index (χ2v) is 9.31. The van der Waals surface area contributed by atoms with Crippen molar-refractivity contribution in [3.63, 3.8) is 0 Å². The van der Waals surface area contributed by atoms with Crippen molar-refractivity contribution < 1.29 is 4.79 Å². The summed E-state index contributed by atoms with van der Waals surface area (Å²) in [6, 6.07) is 21.4. The topological polar surface area (TPSA) is 54.0 Å². The van der Waals surface area contributed by atoms with Gasteiger partial charge in [0.1, 0.15) is 0 Å². The third kappa shape index (κ3) is 3.21. The summed E-state index contributed by atoms with van der Waals surface area (Å²) < 4.78 is 0. The number of nitrogens with zero attached hydrogens (tertiary/aromatic N) is 1. The van der Waals surface area contributed by atoms with Crippen molar-refractivity contribution in [2.75, 3.05) is 5.32 Å². The van der Waals surface area contributed by atoms with Gasteiger partial charge in [0.25, 0.3) is 5.91 Å². The molecule has 1 aliphatic heterocycles. The molecule has 31 heavy (non-hydrogen) atoms. The van der Waals surface area contributed by atoms with Gasteiger partial charge >= 0.3 is 0 Å². The summed E-state index contributed by atoms with van der Waals surface area (Å²) in [5.74, 6) is 2.68. The van der Waals surface area contributed by atoms with E-state index in [-0.39, 0.29) is 5.91 Å². The van der Waals surface area contributed by atoms with E-state index in [4.69, 9.17) is 0 Å². The maximum absolute atomic E-state index is 12.9. The highest BCUT2D eigenvalue weighted by atomic mass is 16.1. The largest absolute Gasteiger partial charge is 0.378 e. The average molecular weight is 410 g/mol. The monoisotopic (exact) mass is 409 g/mol. The fourth-order valence-electron chi connectivity index (χ4n) is 6.40. The maximum atomic E-state index is 12.9. The quantitative estimate of drug-likeness (QED) is 0.614. The van der Waals surface area contributed by atoms with Crippen LogP contribution in [0, 0.1) is 17.8 Å². The molecular weight excluding hydrogens is 382 g/mol. The molecule has 2 bridgehead atoms. The van der Waals surface area contributed by atoms with E-state index in [9.17, 15) is 4.79 Å². The Hall–Kier alpha value is -3.14. The Labute approximate surface area is 183 Å². The fraction of sp³-hybridized carbons (Fsp3) is 0.333. The first-order valence-corrected chi connectivity index (χ1v) is 11.4. The van der Waals surface area contributed by atoms with Crippen LogP contribution in [-0.2, 0) is 6.54 Å². The van der Waals surface area contributed by atoms with E-state index in [2.05, 4.69) is 58.1 Å². The van der Waals surface area contributed by atoms with Gasteiger partial charge in [0, 0.05) is 30.2 Å². The van der Waals surface area contributed by atoms with E-state index in [1.54, 1.807) is 12.4 Å². The predicted octanol–water partition coefficient (Wildman–Crippen LogP) is 5.31. The number of hydrogen-bond acceptors (Lipinski definition) is 3. The number of benzene rings is 2. The van der Waals surface area contributed by atoms with Crippen LogP contribution in [0.25, 0.3) is 0 Å². The number of carbonyl (C=O) groups is 1. The number of hydrogen-bond donors (Lipinski definition) is 2. The number of fused-ring (bicyclic) bond motifs is 7. The molecule has 2 N–H and O–H groups in total. The second kappa shape index (κ2) is 7.52. The first-order chi connectivity index (χ1) is 15.3. The molecule has 3 aromatic rings. The summed E-state index contributed by atoms with van der Waals surface area (Å²) in [7, 11) is 0. The SMILES string of the molecule is O=C(NCc1ccncc1)c1ccc2c(c1)[C@@H]1[C@H]3CC[C@@H](C3)[C@H]1[C@@H](c1ccccc1)N2. The molecule has 2 aromatic carbocycles. The van der Waals surface area contributed by atoms with E-state index in [0.29, 0.717) is 24.4 Å². The van der Waals surface area contributed by atoms with Gasteiger partial charge in [-0.1, -0.05) is 30.3 Å². The molecule has 0 saturated heterocycles. The van der Waals surface area contributed by atoms with E-state index in [1.807, 2.05) is 18.2 Å². The zero-order valence-corrected chi connectivity index (χ0v) is 17.5. The Morgan fingerprint density at radius 2 is 1.81 bits per heavy atom. The van der Waals surface area contributed by atoms with Crippen LogP contribution in [0.5, 0.6) is 0 Å². The molecule has 4 heteroatoms. The van der Waals surface area contributed by atoms with Gasteiger partial charge in [-0.25, -0.2) is 0 Å². The molecule has 1 aromatic heterocycles. The zero-order valence-electron chi connectivity index (χ0n) is 17.5. The molecule has 0 radical (unpaired) electrons. The van der Waals surface area contributed by atoms with Gasteiger partial charge in [-0.2, -0.15) is 0 Å². The summed E-state index contributed by atoms with van der Waals surface area (Å²) in [6.07, 6.45) is 7.51. The third-order valence-corrected chi connectivity index (χ3v) is 7.71. The molecule has 5 atom stereocenters. The van der Waals surface area contributed by atoms with Gasteiger partial charge in [0.05, 0.1) is 6.04 Å². The lowest BCUT2D eigenvalue weighted by atomic mass is 9.68. The zero-order chi connectivity index (χ0) is 20.8. The van der Waals surface area contributed by atoms with Crippen LogP contribution in [0.3, 0.4) is 0 Å². The Balaban J connectivity index is 1.30. The lowest BCUT2D eigenvalue weighted by Crippen LogP contribution is -2.35. The van der Waals surface area contributed by atoms with Crippen molar-refractivity contribution in [1.82, 2.24) is 10.3 Å². The smallest absolute Gasteiger partial charge is 0.251 e. The molecule has 156 valence electrons. The van der Waals surface area contributed by atoms with Crippen LogP contribution in [-0.4, -0.2) is 10.9 Å². The van der Waals surface area contributed by atoms with E-state index >= 15 is 0 Å². The van der Waals surface area contributed by atoms with E-state index in [1.165, 1.54) is 36.1 Å². The van der Waals surface area contributed by atoms with Crippen LogP contribution in [0.15, 0.2) is 73.1 Å². The molecule has 2 fully saturated rings. The van der Waals surface area contributed by atoms with Gasteiger partial charge in [-0.05, 0) is 90.0 Å². The minimum absolute atomic E-state index is 0.00972. The number of pyridine rings is 1. The summed E-state index contributed by atoms with van der Waals surface area (Å²) in [6.45, 7) is 0.517. The van der Waals surface area contributed by atoms with Crippen molar-refractivity contribution in [3.8, 4) is 0 Å². The first kappa shape index (κ1) is 18.6. The van der Waals surface area contributed by atoms with E-state index in [0.717, 1.165) is 23.0 Å². The molecular formula is C27H27N3O. The Kier molecular flexibility index (Phi) is 4.52. The van der Waals surface area contributed by atoms with Crippen LogP contribution >= 0.6 is 0 Å². The van der Waals surface area contributed by atoms with Gasteiger partial charge < -0.3 is 10.6 Å². The van der Waals surface area contributed by atoms with Crippen LogP contribution in [0.4, 0.5) is 5.69 Å². The van der Waals surface area contributed by atoms with Gasteiger partial charge in [-0.3, -0.25) is 9.78 Å². The fourth-order valence-corrected chi connectivity index (χ4v) is 6.40. The van der Waals surface area contributed by atoms with Crippen LogP contribution in [0.2, 0.25) is 0 Å². The molecule has 1 amide bonds. The molecule has 2 heterocycles. The van der Waals surface area contributed by atoms with Crippen molar-refractivity contribution in [2.24, 2.45) is 17.8 Å². The lowest BCUT2D eigenvalue weighted by Gasteiger charge is -2.43. The minimum Gasteiger partial charge on any atom is -0.378 e. The molecule has 2 aliphatic carbocycles. The number of carbonyl (C=O) groups excluding carboxylic acids is 1. The molecule has 2 saturated carbocycles. The van der Waals surface area contributed by atoms with Crippen molar-refractivity contribution in [3.05, 3.63) is 95.3 Å². The standard InChI is InChI=1S/C27H27N3O/c31-27(29-16-17-10-12-28-13-11-17)21-8-9-23-22(15-21)24-19-6-7-20(14-19)25(24)26(30-23)18-4-2-1-3-5-18/h1-5,8-13,15,19-20,24-26,30H,6-7,14,16H2,(H,29,31)/t19-,20-,24-,25+,26+/m0/s1. The Morgan fingerprint density at radius 3 is 2.65 bits per heavy atom. The van der Waals surface area contributed by atoms with Gasteiger partial charge in [0.2, 0.25) is 0 Å². The van der Waals surface area contributed by atoms with E-state index < -0.39 is 0 Å². The third-order valence-electron chi connectivity index (χ3n) is 7.71. The normalized spacial score (nSPS) is 27.8. The number of aromatic nitrogens is 1. The maximum Gasteiger partial charge on any atom is 0.251 e. The summed E-state index contributed by atoms with van der Waals surface area (Å²) in [5.41, 5.74) is 5.75. The predicted molar refractivity (Wildman–Crippen MR) is 122 cm³/mol. The molecule has 3 aliphatic rings. The molecule has 4 nitrogen and oxygen atoms in total. The lowest BCUT2D eigenvalue weighted by molar-refractivity contribution is 0.0950. The highest BCUT2D eigenvalue weighted by Crippen LogP contribution is 2.63. The molecule has 0 spiro atoms. The van der Waals surface area contributed by atoms with Crippen LogP contribution in [0.1, 0.15) is 58.3 Å². The first-order valence-electron chi connectivity index (χ1n) is 11.4. The van der Waals surface area contributed by atoms with Gasteiger partial charge in [0.15, 0.2) is 0 Å². The summed E-state index contributed by atoms with van der Waals surface area (Å²) in [4.78, 5) is 16.9. The summed E-state index contributed by atoms with van der Waals surface area (Å²) >= 11 is 0. The Bertz CT molecular complexity index is 1100. The van der Waals surface area contributed by atoms with Gasteiger partial charge in [-0.15, -0.1) is 0 Å². The second-order valence-electron chi connectivity index (χ2n) is 9.31. The number of anilines is 1. The number of rotatable bonds is 4. The van der Waals surface area contributed by atoms with Crippen molar-refractivity contribution in [1.29, 1.82) is 0 Å². The summed E-state index contributed by atoms with van der Waals surface area (Å²) in [5, 5.41) is 6.92. The Morgan fingerprint density at radius 1 is 1.00 bits per heavy atom. The number of nitrogens with one attached hydrogen (secondary N) is 2. The van der Waals surface area contributed by atoms with Crippen molar-refractivity contribution >= 4 is 11.6 Å². The average Bonchev–Trinajstić information content (AvgIpc) is 3.46. The highest BCUT2D eigenvalue weighted by molar-refractivity contribution is 5.95. The molecule has 0 unspecified atom stereocenters. The minimum atomic E-state index is -0.00972. The van der Waals surface area contributed by atoms with Crippen LogP contribution < -0.4 is 10.6 Å². The molecule has 6 rings (SSSR count).